The minimum absolute atomic E-state index is 0. The summed E-state index contributed by atoms with van der Waals surface area (Å²) in [5, 5.41) is 0. The van der Waals surface area contributed by atoms with E-state index in [0.717, 1.165) is 23.0 Å². The van der Waals surface area contributed by atoms with Gasteiger partial charge in [0, 0.05) is 12.7 Å². The normalized spacial score (nSPS) is 10.5. The van der Waals surface area contributed by atoms with Crippen molar-refractivity contribution in [2.75, 3.05) is 46.2 Å². The Balaban J connectivity index is 0.00000312. The third-order valence-corrected chi connectivity index (χ3v) is 3.60. The highest BCUT2D eigenvalue weighted by molar-refractivity contribution is 6.99. The summed E-state index contributed by atoms with van der Waals surface area (Å²) in [7, 11) is 1.97. The minimum Gasteiger partial charge on any atom is -1.00 e. The first-order valence-electron chi connectivity index (χ1n) is 7.95. The molecule has 2 aromatic heterocycles. The lowest BCUT2D eigenvalue weighted by Gasteiger charge is -2.07. The van der Waals surface area contributed by atoms with E-state index >= 15 is 0 Å². The lowest BCUT2D eigenvalue weighted by molar-refractivity contribution is -0.671. The maximum absolute atomic E-state index is 5.67. The molecule has 2 aromatic rings. The van der Waals surface area contributed by atoms with E-state index in [2.05, 4.69) is 8.75 Å². The summed E-state index contributed by atoms with van der Waals surface area (Å²) < 4.78 is 32.2. The van der Waals surface area contributed by atoms with Gasteiger partial charge in [0.15, 0.2) is 18.1 Å². The van der Waals surface area contributed by atoms with E-state index in [0.29, 0.717) is 52.1 Å². The molecule has 0 saturated heterocycles. The largest absolute Gasteiger partial charge is 1.00 e. The second kappa shape index (κ2) is 13.3. The SMILES string of the molecule is CCOCCOCCOCCOc1nsnc1-c1ccc[n+](C)c1.[I-]. The number of pyridine rings is 1. The minimum atomic E-state index is 0. The first-order chi connectivity index (χ1) is 11.8. The van der Waals surface area contributed by atoms with Crippen molar-refractivity contribution in [1.29, 1.82) is 0 Å². The van der Waals surface area contributed by atoms with Gasteiger partial charge in [0.2, 0.25) is 0 Å². The molecule has 0 unspecified atom stereocenters. The van der Waals surface area contributed by atoms with Crippen molar-refractivity contribution in [2.45, 2.75) is 6.92 Å². The van der Waals surface area contributed by atoms with Crippen LogP contribution in [0.3, 0.4) is 0 Å². The van der Waals surface area contributed by atoms with E-state index in [1.165, 1.54) is 0 Å². The summed E-state index contributed by atoms with van der Waals surface area (Å²) in [6.45, 7) is 5.89. The zero-order chi connectivity index (χ0) is 17.0. The van der Waals surface area contributed by atoms with Crippen molar-refractivity contribution < 1.29 is 47.5 Å². The summed E-state index contributed by atoms with van der Waals surface area (Å²) in [4.78, 5) is 0. The fourth-order valence-corrected chi connectivity index (χ4v) is 2.48. The molecule has 0 aromatic carbocycles. The van der Waals surface area contributed by atoms with E-state index in [-0.39, 0.29) is 24.0 Å². The molecule has 140 valence electrons. The van der Waals surface area contributed by atoms with E-state index in [9.17, 15) is 0 Å². The zero-order valence-electron chi connectivity index (χ0n) is 14.5. The molecule has 0 spiro atoms. The lowest BCUT2D eigenvalue weighted by atomic mass is 10.2. The molecule has 0 radical (unpaired) electrons. The van der Waals surface area contributed by atoms with E-state index in [1.54, 1.807) is 0 Å². The van der Waals surface area contributed by atoms with Crippen LogP contribution >= 0.6 is 11.7 Å². The first kappa shape index (κ1) is 22.2. The second-order valence-corrected chi connectivity index (χ2v) is 5.47. The molecule has 0 aliphatic rings. The van der Waals surface area contributed by atoms with Crippen LogP contribution in [0.5, 0.6) is 5.88 Å². The van der Waals surface area contributed by atoms with Crippen molar-refractivity contribution in [3.63, 3.8) is 0 Å². The molecular formula is C16H24IN3O4S. The summed E-state index contributed by atoms with van der Waals surface area (Å²) in [5.74, 6) is 0.544. The number of ether oxygens (including phenoxy) is 4. The van der Waals surface area contributed by atoms with Crippen molar-refractivity contribution >= 4 is 11.7 Å². The highest BCUT2D eigenvalue weighted by atomic mass is 127. The summed E-state index contributed by atoms with van der Waals surface area (Å²) >= 11 is 1.14. The Morgan fingerprint density at radius 1 is 1.00 bits per heavy atom. The summed E-state index contributed by atoms with van der Waals surface area (Å²) in [5.41, 5.74) is 1.74. The molecular weight excluding hydrogens is 457 g/mol. The van der Waals surface area contributed by atoms with Gasteiger partial charge in [0.05, 0.1) is 50.3 Å². The Morgan fingerprint density at radius 3 is 2.36 bits per heavy atom. The molecule has 0 bridgehead atoms. The average molecular weight is 481 g/mol. The van der Waals surface area contributed by atoms with Gasteiger partial charge in [-0.2, -0.15) is 4.37 Å². The second-order valence-electron chi connectivity index (χ2n) is 4.95. The van der Waals surface area contributed by atoms with Crippen LogP contribution in [-0.4, -0.2) is 55.0 Å². The molecule has 7 nitrogen and oxygen atoms in total. The Labute approximate surface area is 169 Å². The van der Waals surface area contributed by atoms with E-state index < -0.39 is 0 Å². The van der Waals surface area contributed by atoms with Gasteiger partial charge in [-0.25, -0.2) is 4.57 Å². The maximum Gasteiger partial charge on any atom is 0.254 e. The summed E-state index contributed by atoms with van der Waals surface area (Å²) in [6.07, 6.45) is 3.95. The van der Waals surface area contributed by atoms with Crippen molar-refractivity contribution in [3.05, 3.63) is 24.5 Å². The molecule has 0 saturated carbocycles. The molecule has 0 amide bonds. The molecule has 0 fully saturated rings. The smallest absolute Gasteiger partial charge is 0.254 e. The van der Waals surface area contributed by atoms with Gasteiger partial charge in [-0.3, -0.25) is 0 Å². The number of rotatable bonds is 12. The van der Waals surface area contributed by atoms with Crippen molar-refractivity contribution in [3.8, 4) is 17.1 Å². The maximum atomic E-state index is 5.67. The number of hydrogen-bond acceptors (Lipinski definition) is 7. The lowest BCUT2D eigenvalue weighted by Crippen LogP contribution is -3.00. The predicted octanol–water partition coefficient (Wildman–Crippen LogP) is -1.52. The van der Waals surface area contributed by atoms with Gasteiger partial charge in [0.1, 0.15) is 13.7 Å². The van der Waals surface area contributed by atoms with Crippen LogP contribution in [0.1, 0.15) is 6.92 Å². The van der Waals surface area contributed by atoms with Crippen LogP contribution in [-0.2, 0) is 21.3 Å². The highest BCUT2D eigenvalue weighted by Gasteiger charge is 2.14. The van der Waals surface area contributed by atoms with Crippen LogP contribution in [0, 0.1) is 0 Å². The molecule has 0 N–H and O–H groups in total. The Kier molecular flexibility index (Phi) is 11.8. The number of aryl methyl sites for hydroxylation is 1. The highest BCUT2D eigenvalue weighted by Crippen LogP contribution is 2.26. The fourth-order valence-electron chi connectivity index (χ4n) is 1.96. The molecule has 0 atom stereocenters. The Morgan fingerprint density at radius 2 is 1.68 bits per heavy atom. The van der Waals surface area contributed by atoms with Crippen LogP contribution in [0.2, 0.25) is 0 Å². The van der Waals surface area contributed by atoms with Crippen molar-refractivity contribution in [1.82, 2.24) is 8.75 Å². The molecule has 2 heterocycles. The monoisotopic (exact) mass is 481 g/mol. The van der Waals surface area contributed by atoms with Gasteiger partial charge in [-0.15, -0.1) is 4.37 Å². The fraction of sp³-hybridized carbons (Fsp3) is 0.562. The molecule has 0 aliphatic carbocycles. The number of hydrogen-bond donors (Lipinski definition) is 0. The molecule has 0 aliphatic heterocycles. The van der Waals surface area contributed by atoms with E-state index in [4.69, 9.17) is 18.9 Å². The van der Waals surface area contributed by atoms with Crippen molar-refractivity contribution in [2.24, 2.45) is 7.05 Å². The van der Waals surface area contributed by atoms with Gasteiger partial charge >= 0.3 is 0 Å². The van der Waals surface area contributed by atoms with Gasteiger partial charge in [0.25, 0.3) is 5.88 Å². The number of nitrogens with zero attached hydrogens (tertiary/aromatic N) is 3. The third kappa shape index (κ3) is 8.36. The average Bonchev–Trinajstić information content (AvgIpc) is 3.05. The topological polar surface area (TPSA) is 66.6 Å². The standard InChI is InChI=1S/C16H24N3O4S.HI/c1-3-20-7-8-21-9-10-22-11-12-23-16-15(17-24-18-16)14-5-4-6-19(2)13-14;/h4-6,13H,3,7-12H2,1-2H3;1H/q+1;/p-1. The number of aromatic nitrogens is 3. The van der Waals surface area contributed by atoms with Crippen LogP contribution < -0.4 is 33.3 Å². The molecule has 25 heavy (non-hydrogen) atoms. The summed E-state index contributed by atoms with van der Waals surface area (Å²) in [6, 6.07) is 3.95. The number of halogens is 1. The van der Waals surface area contributed by atoms with Crippen LogP contribution in [0.25, 0.3) is 11.3 Å². The van der Waals surface area contributed by atoms with Crippen LogP contribution in [0.15, 0.2) is 24.5 Å². The predicted molar refractivity (Wildman–Crippen MR) is 90.1 cm³/mol. The zero-order valence-corrected chi connectivity index (χ0v) is 17.5. The van der Waals surface area contributed by atoms with Gasteiger partial charge < -0.3 is 42.9 Å². The van der Waals surface area contributed by atoms with Gasteiger partial charge in [-0.05, 0) is 13.0 Å². The first-order valence-corrected chi connectivity index (χ1v) is 8.68. The third-order valence-electron chi connectivity index (χ3n) is 3.09. The molecule has 9 heteroatoms. The molecule has 2 rings (SSSR count). The van der Waals surface area contributed by atoms with E-state index in [1.807, 2.05) is 43.1 Å². The van der Waals surface area contributed by atoms with Crippen LogP contribution in [0.4, 0.5) is 0 Å². The Hall–Kier alpha value is -0.880. The van der Waals surface area contributed by atoms with Gasteiger partial charge in [-0.1, -0.05) is 0 Å². The quantitative estimate of drug-likeness (QED) is 0.209. The Bertz CT molecular complexity index is 600.